The van der Waals surface area contributed by atoms with E-state index in [0.29, 0.717) is 31.6 Å². The lowest BCUT2D eigenvalue weighted by Crippen LogP contribution is -2.56. The van der Waals surface area contributed by atoms with E-state index in [2.05, 4.69) is 21.1 Å². The zero-order valence-electron chi connectivity index (χ0n) is 32.6. The Hall–Kier alpha value is -5.37. The number of ether oxygens (including phenoxy) is 2. The van der Waals surface area contributed by atoms with Gasteiger partial charge in [0, 0.05) is 25.5 Å². The molecule has 5 atom stereocenters. The highest BCUT2D eigenvalue weighted by Crippen LogP contribution is 2.30. The molecule has 14 heteroatoms. The third kappa shape index (κ3) is 11.8. The molecule has 0 bridgehead atoms. The van der Waals surface area contributed by atoms with Gasteiger partial charge in [0.1, 0.15) is 23.7 Å². The van der Waals surface area contributed by atoms with Crippen molar-refractivity contribution in [1.82, 2.24) is 26.0 Å². The summed E-state index contributed by atoms with van der Waals surface area (Å²) in [6.07, 6.45) is 2.31. The highest BCUT2D eigenvalue weighted by atomic mass is 16.6. The van der Waals surface area contributed by atoms with E-state index in [1.807, 2.05) is 81.4 Å². The summed E-state index contributed by atoms with van der Waals surface area (Å²) in [4.78, 5) is 81.8. The number of carbonyl (C=O) groups excluding carboxylic acids is 6. The van der Waals surface area contributed by atoms with Gasteiger partial charge < -0.3 is 34.8 Å². The smallest absolute Gasteiger partial charge is 0.306 e. The van der Waals surface area contributed by atoms with Crippen LogP contribution in [-0.2, 0) is 64.1 Å². The van der Waals surface area contributed by atoms with Crippen LogP contribution < -0.4 is 16.0 Å². The molecule has 1 unspecified atom stereocenters. The first-order chi connectivity index (χ1) is 26.8. The van der Waals surface area contributed by atoms with Crippen molar-refractivity contribution in [2.45, 2.75) is 115 Å². The molecule has 2 aliphatic rings. The molecule has 0 spiro atoms. The van der Waals surface area contributed by atoms with E-state index in [4.69, 9.17) is 14.0 Å². The molecule has 0 saturated carbocycles. The molecule has 4 amide bonds. The molecular weight excluding hydrogens is 718 g/mol. The molecule has 1 aromatic heterocycles. The minimum atomic E-state index is -0.997. The first kappa shape index (κ1) is 41.8. The Morgan fingerprint density at radius 3 is 2.29 bits per heavy atom. The van der Waals surface area contributed by atoms with Crippen LogP contribution in [0.3, 0.4) is 0 Å². The first-order valence-electron chi connectivity index (χ1n) is 19.4. The number of epoxide rings is 1. The molecule has 3 N–H and O–H groups in total. The van der Waals surface area contributed by atoms with Crippen LogP contribution in [0.5, 0.6) is 0 Å². The van der Waals surface area contributed by atoms with Gasteiger partial charge in [-0.25, -0.2) is 0 Å². The number of nitrogens with one attached hydrogen (secondary N) is 3. The van der Waals surface area contributed by atoms with Crippen molar-refractivity contribution >= 4 is 35.4 Å². The monoisotopic (exact) mass is 771 g/mol. The summed E-state index contributed by atoms with van der Waals surface area (Å²) in [6.45, 7) is 7.90. The number of aromatic nitrogens is 1. The predicted molar refractivity (Wildman–Crippen MR) is 205 cm³/mol. The normalized spacial score (nSPS) is 19.2. The standard InChI is InChI=1S/C42H53N5O9/c1-5-12-37(49)54-25-31-23-30(46-56-31)24-36(48)43-32(18-17-28-13-8-6-9-14-28)39(51)44-33-19-20-47(41(33)53)35(22-29-15-10-7-11-16-29)40(52)45-34(21-27(2)3)38(50)42(4)26-55-42/h6-11,13-16,23,27,32-35H,5,12,17-22,24-26H2,1-4H3,(H,43,48)(H,44,51)(H,45,52)/t32-,33-,34-,35-,42?/m0/s1. The number of benzene rings is 2. The van der Waals surface area contributed by atoms with Crippen molar-refractivity contribution in [3.05, 3.63) is 89.3 Å². The van der Waals surface area contributed by atoms with Gasteiger partial charge in [0.15, 0.2) is 18.2 Å². The van der Waals surface area contributed by atoms with Crippen LogP contribution in [0.2, 0.25) is 0 Å². The molecule has 3 heterocycles. The lowest BCUT2D eigenvalue weighted by atomic mass is 9.93. The van der Waals surface area contributed by atoms with Crippen LogP contribution in [0.1, 0.15) is 82.4 Å². The Bertz CT molecular complexity index is 1830. The van der Waals surface area contributed by atoms with E-state index in [1.54, 1.807) is 6.92 Å². The molecule has 56 heavy (non-hydrogen) atoms. The van der Waals surface area contributed by atoms with E-state index in [1.165, 1.54) is 11.0 Å². The maximum atomic E-state index is 14.1. The van der Waals surface area contributed by atoms with E-state index in [0.717, 1.165) is 11.1 Å². The van der Waals surface area contributed by atoms with Crippen LogP contribution in [0.25, 0.3) is 0 Å². The summed E-state index contributed by atoms with van der Waals surface area (Å²) in [5.74, 6) is -2.09. The minimum absolute atomic E-state index is 0.109. The second kappa shape index (κ2) is 19.5. The van der Waals surface area contributed by atoms with Crippen molar-refractivity contribution in [3.8, 4) is 0 Å². The van der Waals surface area contributed by atoms with Crippen molar-refractivity contribution in [1.29, 1.82) is 0 Å². The average Bonchev–Trinajstić information content (AvgIpc) is 3.61. The Morgan fingerprint density at radius 2 is 1.64 bits per heavy atom. The van der Waals surface area contributed by atoms with Crippen LogP contribution in [0, 0.1) is 5.92 Å². The van der Waals surface area contributed by atoms with Gasteiger partial charge in [0.2, 0.25) is 23.6 Å². The summed E-state index contributed by atoms with van der Waals surface area (Å²) in [7, 11) is 0. The van der Waals surface area contributed by atoms with Crippen molar-refractivity contribution < 1.29 is 42.8 Å². The van der Waals surface area contributed by atoms with Gasteiger partial charge in [-0.15, -0.1) is 0 Å². The largest absolute Gasteiger partial charge is 0.457 e. The van der Waals surface area contributed by atoms with Crippen molar-refractivity contribution in [2.75, 3.05) is 13.2 Å². The second-order valence-electron chi connectivity index (χ2n) is 15.2. The number of Topliss-reactive ketones (excluding diaryl/α,β-unsaturated/α-hetero) is 1. The van der Waals surface area contributed by atoms with Gasteiger partial charge in [-0.2, -0.15) is 0 Å². The van der Waals surface area contributed by atoms with E-state index >= 15 is 0 Å². The lowest BCUT2D eigenvalue weighted by Gasteiger charge is -2.30. The lowest BCUT2D eigenvalue weighted by molar-refractivity contribution is -0.145. The van der Waals surface area contributed by atoms with Gasteiger partial charge in [-0.3, -0.25) is 28.8 Å². The summed E-state index contributed by atoms with van der Waals surface area (Å²) >= 11 is 0. The Kier molecular flexibility index (Phi) is 14.5. The number of esters is 1. The predicted octanol–water partition coefficient (Wildman–Crippen LogP) is 3.40. The highest BCUT2D eigenvalue weighted by Gasteiger charge is 2.50. The van der Waals surface area contributed by atoms with Gasteiger partial charge in [-0.1, -0.05) is 86.6 Å². The van der Waals surface area contributed by atoms with Crippen LogP contribution in [0.15, 0.2) is 71.3 Å². The molecule has 2 fully saturated rings. The number of rotatable bonds is 21. The van der Waals surface area contributed by atoms with E-state index < -0.39 is 53.4 Å². The number of hydrogen-bond donors (Lipinski definition) is 3. The van der Waals surface area contributed by atoms with E-state index in [-0.39, 0.29) is 68.7 Å². The number of hydrogen-bond acceptors (Lipinski definition) is 10. The maximum Gasteiger partial charge on any atom is 0.306 e. The average molecular weight is 772 g/mol. The van der Waals surface area contributed by atoms with Crippen molar-refractivity contribution in [2.24, 2.45) is 5.92 Å². The summed E-state index contributed by atoms with van der Waals surface area (Å²) in [6, 6.07) is 16.7. The molecule has 14 nitrogen and oxygen atoms in total. The fraction of sp³-hybridized carbons (Fsp3) is 0.500. The molecule has 3 aromatic rings. The zero-order valence-corrected chi connectivity index (χ0v) is 32.6. The molecule has 0 aliphatic carbocycles. The fourth-order valence-electron chi connectivity index (χ4n) is 6.76. The fourth-order valence-corrected chi connectivity index (χ4v) is 6.76. The van der Waals surface area contributed by atoms with Gasteiger partial charge >= 0.3 is 5.97 Å². The van der Waals surface area contributed by atoms with Crippen LogP contribution in [-0.4, -0.2) is 88.4 Å². The topological polar surface area (TPSA) is 190 Å². The van der Waals surface area contributed by atoms with Gasteiger partial charge in [0.05, 0.1) is 24.8 Å². The summed E-state index contributed by atoms with van der Waals surface area (Å²) < 4.78 is 15.8. The van der Waals surface area contributed by atoms with E-state index in [9.17, 15) is 28.8 Å². The SMILES string of the molecule is CCCC(=O)OCc1cc(CC(=O)N[C@@H](CCc2ccccc2)C(=O)N[C@H]2CCN([C@@H](Cc3ccccc3)C(=O)N[C@@H](CC(C)C)C(=O)C3(C)CO3)C2=O)no1. The molecule has 2 aromatic carbocycles. The number of aryl methyl sites for hydroxylation is 1. The molecular formula is C42H53N5O9. The number of amides is 4. The first-order valence-corrected chi connectivity index (χ1v) is 19.4. The second-order valence-corrected chi connectivity index (χ2v) is 15.2. The number of nitrogens with zero attached hydrogens (tertiary/aromatic N) is 2. The Labute approximate surface area is 327 Å². The molecule has 300 valence electrons. The number of likely N-dealkylation sites (tertiary alicyclic amines) is 1. The van der Waals surface area contributed by atoms with Crippen molar-refractivity contribution in [3.63, 3.8) is 0 Å². The molecule has 2 aliphatic heterocycles. The number of ketones is 1. The third-order valence-electron chi connectivity index (χ3n) is 9.94. The Morgan fingerprint density at radius 1 is 0.964 bits per heavy atom. The van der Waals surface area contributed by atoms with Crippen LogP contribution >= 0.6 is 0 Å². The molecule has 0 radical (unpaired) electrons. The molecule has 2 saturated heterocycles. The third-order valence-corrected chi connectivity index (χ3v) is 9.94. The summed E-state index contributed by atoms with van der Waals surface area (Å²) in [5, 5.41) is 12.5. The van der Waals surface area contributed by atoms with Gasteiger partial charge in [0.25, 0.3) is 0 Å². The molecule has 5 rings (SSSR count). The zero-order chi connectivity index (χ0) is 40.2. The Balaban J connectivity index is 1.27. The van der Waals surface area contributed by atoms with Gasteiger partial charge in [-0.05, 0) is 56.1 Å². The highest BCUT2D eigenvalue weighted by molar-refractivity contribution is 5.99. The van der Waals surface area contributed by atoms with Crippen LogP contribution in [0.4, 0.5) is 0 Å². The quantitative estimate of drug-likeness (QED) is 0.107. The maximum absolute atomic E-state index is 14.1. The summed E-state index contributed by atoms with van der Waals surface area (Å²) in [5.41, 5.74) is 1.16. The minimum Gasteiger partial charge on any atom is -0.457 e. The number of carbonyl (C=O) groups is 6.